The number of hydrogen-bond donors (Lipinski definition) is 0. The van der Waals surface area contributed by atoms with Crippen molar-refractivity contribution in [1.82, 2.24) is 14.9 Å². The fraction of sp³-hybridized carbons (Fsp3) is 0.353. The van der Waals surface area contributed by atoms with Gasteiger partial charge >= 0.3 is 12.2 Å². The molecular formula is C17H16F3N3O2. The van der Waals surface area contributed by atoms with Crippen LogP contribution in [0.2, 0.25) is 0 Å². The zero-order chi connectivity index (χ0) is 17.9. The summed E-state index contributed by atoms with van der Waals surface area (Å²) in [4.78, 5) is 21.3. The molecule has 1 amide bonds. The third kappa shape index (κ3) is 4.26. The van der Waals surface area contributed by atoms with Crippen LogP contribution >= 0.6 is 0 Å². The normalized spacial score (nSPS) is 18.0. The number of piperidine rings is 1. The second-order valence-corrected chi connectivity index (χ2v) is 5.72. The van der Waals surface area contributed by atoms with Gasteiger partial charge in [-0.25, -0.2) is 4.98 Å². The molecule has 1 aliphatic rings. The van der Waals surface area contributed by atoms with E-state index in [2.05, 4.69) is 9.97 Å². The molecule has 2 aromatic rings. The molecule has 132 valence electrons. The number of amides is 1. The summed E-state index contributed by atoms with van der Waals surface area (Å²) in [6.07, 6.45) is -2.66. The molecule has 2 heterocycles. The summed E-state index contributed by atoms with van der Waals surface area (Å²) in [6.45, 7) is 0.865. The van der Waals surface area contributed by atoms with E-state index in [0.717, 1.165) is 12.3 Å². The Kier molecular flexibility index (Phi) is 4.87. The number of hydrogen-bond acceptors (Lipinski definition) is 4. The zero-order valence-electron chi connectivity index (χ0n) is 13.2. The Morgan fingerprint density at radius 2 is 1.96 bits per heavy atom. The molecule has 3 rings (SSSR count). The maximum Gasteiger partial charge on any atom is 0.433 e. The van der Waals surface area contributed by atoms with Gasteiger partial charge in [0.2, 0.25) is 0 Å². The summed E-state index contributed by atoms with van der Waals surface area (Å²) in [5.74, 6) is -0.126. The summed E-state index contributed by atoms with van der Waals surface area (Å²) in [5.41, 5.74) is -0.482. The lowest BCUT2D eigenvalue weighted by molar-refractivity contribution is -0.141. The molecular weight excluding hydrogens is 335 g/mol. The van der Waals surface area contributed by atoms with Gasteiger partial charge < -0.3 is 9.64 Å². The van der Waals surface area contributed by atoms with Gasteiger partial charge in [0.1, 0.15) is 6.10 Å². The highest BCUT2D eigenvalue weighted by atomic mass is 19.4. The number of likely N-dealkylation sites (tertiary alicyclic amines) is 1. The van der Waals surface area contributed by atoms with Crippen molar-refractivity contribution in [1.29, 1.82) is 0 Å². The highest BCUT2D eigenvalue weighted by Gasteiger charge is 2.33. The molecule has 1 aromatic carbocycles. The van der Waals surface area contributed by atoms with Crippen LogP contribution in [0, 0.1) is 0 Å². The van der Waals surface area contributed by atoms with Crippen molar-refractivity contribution in [3.8, 4) is 6.01 Å². The van der Waals surface area contributed by atoms with Gasteiger partial charge in [-0.1, -0.05) is 18.2 Å². The van der Waals surface area contributed by atoms with Crippen LogP contribution in [0.4, 0.5) is 13.2 Å². The van der Waals surface area contributed by atoms with Crippen molar-refractivity contribution in [3.05, 3.63) is 53.9 Å². The number of carbonyl (C=O) groups is 1. The standard InChI is InChI=1S/C17H16F3N3O2/c18-17(19,20)14-8-9-21-16(22-14)25-13-7-4-10-23(11-13)15(24)12-5-2-1-3-6-12/h1-3,5-6,8-9,13H,4,7,10-11H2. The van der Waals surface area contributed by atoms with E-state index in [1.54, 1.807) is 29.2 Å². The minimum atomic E-state index is -4.55. The Bertz CT molecular complexity index is 737. The van der Waals surface area contributed by atoms with Gasteiger partial charge in [0.05, 0.1) is 6.54 Å². The minimum absolute atomic E-state index is 0.126. The Morgan fingerprint density at radius 1 is 1.20 bits per heavy atom. The Morgan fingerprint density at radius 3 is 2.68 bits per heavy atom. The fourth-order valence-electron chi connectivity index (χ4n) is 2.69. The first kappa shape index (κ1) is 17.2. The van der Waals surface area contributed by atoms with Crippen LogP contribution in [0.1, 0.15) is 28.9 Å². The van der Waals surface area contributed by atoms with Gasteiger partial charge in [0.25, 0.3) is 5.91 Å². The summed E-state index contributed by atoms with van der Waals surface area (Å²) in [7, 11) is 0. The van der Waals surface area contributed by atoms with Crippen molar-refractivity contribution in [2.24, 2.45) is 0 Å². The van der Waals surface area contributed by atoms with E-state index in [4.69, 9.17) is 4.74 Å². The molecule has 8 heteroatoms. The molecule has 0 bridgehead atoms. The van der Waals surface area contributed by atoms with Crippen molar-refractivity contribution in [3.63, 3.8) is 0 Å². The third-order valence-corrected chi connectivity index (χ3v) is 3.88. The number of alkyl halides is 3. The maximum atomic E-state index is 12.7. The van der Waals surface area contributed by atoms with Gasteiger partial charge in [-0.3, -0.25) is 4.79 Å². The topological polar surface area (TPSA) is 55.3 Å². The highest BCUT2D eigenvalue weighted by molar-refractivity contribution is 5.94. The molecule has 0 radical (unpaired) electrons. The Hall–Kier alpha value is -2.64. The Balaban J connectivity index is 1.67. The SMILES string of the molecule is O=C(c1ccccc1)N1CCCC(Oc2nccc(C(F)(F)F)n2)C1. The first-order valence-electron chi connectivity index (χ1n) is 7.85. The molecule has 1 aromatic heterocycles. The van der Waals surface area contributed by atoms with Crippen LogP contribution in [0.15, 0.2) is 42.6 Å². The monoisotopic (exact) mass is 351 g/mol. The molecule has 1 atom stereocenters. The molecule has 1 unspecified atom stereocenters. The average Bonchev–Trinajstić information content (AvgIpc) is 2.61. The Labute approximate surface area is 142 Å². The second-order valence-electron chi connectivity index (χ2n) is 5.72. The first-order chi connectivity index (χ1) is 11.9. The van der Waals surface area contributed by atoms with E-state index in [0.29, 0.717) is 24.9 Å². The number of carbonyl (C=O) groups excluding carboxylic acids is 1. The largest absolute Gasteiger partial charge is 0.458 e. The number of nitrogens with zero attached hydrogens (tertiary/aromatic N) is 3. The van der Waals surface area contributed by atoms with E-state index in [1.807, 2.05) is 6.07 Å². The van der Waals surface area contributed by atoms with Crippen molar-refractivity contribution < 1.29 is 22.7 Å². The van der Waals surface area contributed by atoms with E-state index < -0.39 is 18.0 Å². The highest BCUT2D eigenvalue weighted by Crippen LogP contribution is 2.28. The minimum Gasteiger partial charge on any atom is -0.458 e. The number of ether oxygens (including phenoxy) is 1. The van der Waals surface area contributed by atoms with Gasteiger partial charge in [0, 0.05) is 18.3 Å². The predicted molar refractivity (Wildman–Crippen MR) is 83.0 cm³/mol. The number of benzene rings is 1. The van der Waals surface area contributed by atoms with Crippen molar-refractivity contribution in [2.45, 2.75) is 25.1 Å². The van der Waals surface area contributed by atoms with Gasteiger partial charge in [0.15, 0.2) is 5.69 Å². The molecule has 0 N–H and O–H groups in total. The molecule has 1 aliphatic heterocycles. The van der Waals surface area contributed by atoms with Gasteiger partial charge in [-0.05, 0) is 31.0 Å². The van der Waals surface area contributed by atoms with E-state index in [1.165, 1.54) is 0 Å². The van der Waals surface area contributed by atoms with Crippen LogP contribution in [0.25, 0.3) is 0 Å². The number of halogens is 3. The van der Waals surface area contributed by atoms with E-state index in [9.17, 15) is 18.0 Å². The molecule has 25 heavy (non-hydrogen) atoms. The fourth-order valence-corrected chi connectivity index (χ4v) is 2.69. The summed E-state index contributed by atoms with van der Waals surface area (Å²) >= 11 is 0. The smallest absolute Gasteiger partial charge is 0.433 e. The average molecular weight is 351 g/mol. The van der Waals surface area contributed by atoms with E-state index in [-0.39, 0.29) is 18.5 Å². The van der Waals surface area contributed by atoms with Gasteiger partial charge in [-0.2, -0.15) is 18.2 Å². The lowest BCUT2D eigenvalue weighted by Gasteiger charge is -2.32. The lowest BCUT2D eigenvalue weighted by atomic mass is 10.1. The molecule has 1 saturated heterocycles. The van der Waals surface area contributed by atoms with Gasteiger partial charge in [-0.15, -0.1) is 0 Å². The second kappa shape index (κ2) is 7.08. The van der Waals surface area contributed by atoms with Crippen molar-refractivity contribution >= 4 is 5.91 Å². The van der Waals surface area contributed by atoms with Crippen LogP contribution in [0.3, 0.4) is 0 Å². The zero-order valence-corrected chi connectivity index (χ0v) is 13.2. The van der Waals surface area contributed by atoms with E-state index >= 15 is 0 Å². The third-order valence-electron chi connectivity index (χ3n) is 3.88. The van der Waals surface area contributed by atoms with Crippen LogP contribution in [-0.2, 0) is 6.18 Å². The number of aromatic nitrogens is 2. The molecule has 1 fully saturated rings. The number of rotatable bonds is 3. The lowest BCUT2D eigenvalue weighted by Crippen LogP contribution is -2.44. The summed E-state index contributed by atoms with van der Waals surface area (Å²) < 4.78 is 43.6. The predicted octanol–water partition coefficient (Wildman–Crippen LogP) is 3.18. The molecule has 0 aliphatic carbocycles. The van der Waals surface area contributed by atoms with Crippen LogP contribution < -0.4 is 4.74 Å². The molecule has 0 saturated carbocycles. The summed E-state index contributed by atoms with van der Waals surface area (Å²) in [5, 5.41) is 0. The molecule has 0 spiro atoms. The van der Waals surface area contributed by atoms with Crippen molar-refractivity contribution in [2.75, 3.05) is 13.1 Å². The quantitative estimate of drug-likeness (QED) is 0.852. The maximum absolute atomic E-state index is 12.7. The molecule has 5 nitrogen and oxygen atoms in total. The van der Waals surface area contributed by atoms with Crippen LogP contribution in [-0.4, -0.2) is 40.0 Å². The summed E-state index contributed by atoms with van der Waals surface area (Å²) in [6, 6.07) is 9.30. The first-order valence-corrected chi connectivity index (χ1v) is 7.85. The van der Waals surface area contributed by atoms with Crippen LogP contribution in [0.5, 0.6) is 6.01 Å².